The number of urea groups is 1. The zero-order valence-electron chi connectivity index (χ0n) is 23.5. The van der Waals surface area contributed by atoms with Crippen molar-refractivity contribution in [2.75, 3.05) is 25.6 Å². The average Bonchev–Trinajstić information content (AvgIpc) is 3.58. The lowest BCUT2D eigenvalue weighted by Gasteiger charge is -2.29. The van der Waals surface area contributed by atoms with E-state index in [1.54, 1.807) is 38.1 Å². The highest BCUT2D eigenvalue weighted by Crippen LogP contribution is 2.32. The van der Waals surface area contributed by atoms with Crippen LogP contribution in [0.15, 0.2) is 60.0 Å². The van der Waals surface area contributed by atoms with Crippen molar-refractivity contribution in [1.82, 2.24) is 20.3 Å². The lowest BCUT2D eigenvalue weighted by Crippen LogP contribution is -2.50. The average molecular weight is 594 g/mol. The van der Waals surface area contributed by atoms with Crippen LogP contribution in [0.1, 0.15) is 54.3 Å². The van der Waals surface area contributed by atoms with E-state index >= 15 is 0 Å². The van der Waals surface area contributed by atoms with Gasteiger partial charge in [-0.3, -0.25) is 24.0 Å². The third kappa shape index (κ3) is 6.64. The van der Waals surface area contributed by atoms with E-state index < -0.39 is 35.8 Å². The van der Waals surface area contributed by atoms with Crippen LogP contribution in [-0.2, 0) is 19.2 Å². The summed E-state index contributed by atoms with van der Waals surface area (Å²) in [6.45, 7) is 5.02. The first kappa shape index (κ1) is 30.3. The van der Waals surface area contributed by atoms with Gasteiger partial charge in [-0.1, -0.05) is 49.4 Å². The highest BCUT2D eigenvalue weighted by atomic mass is 32.1. The number of benzene rings is 2. The second kappa shape index (κ2) is 13.4. The van der Waals surface area contributed by atoms with Crippen molar-refractivity contribution < 1.29 is 33.5 Å². The number of hydroxylamine groups is 2. The molecule has 1 aliphatic rings. The number of thiazole rings is 1. The van der Waals surface area contributed by atoms with Gasteiger partial charge in [0, 0.05) is 24.8 Å². The zero-order valence-corrected chi connectivity index (χ0v) is 24.3. The van der Waals surface area contributed by atoms with Crippen LogP contribution >= 0.6 is 11.3 Å². The van der Waals surface area contributed by atoms with E-state index in [1.165, 1.54) is 19.4 Å². The molecule has 1 aliphatic heterocycles. The minimum atomic E-state index is -1.22. The van der Waals surface area contributed by atoms with Gasteiger partial charge in [0.15, 0.2) is 17.5 Å². The second-order valence-electron chi connectivity index (χ2n) is 9.45. The number of nitrogens with zero attached hydrogens (tertiary/aromatic N) is 3. The van der Waals surface area contributed by atoms with Gasteiger partial charge >= 0.3 is 6.03 Å². The number of carbonyl (C=O) groups excluding carboxylic acids is 5. The van der Waals surface area contributed by atoms with Gasteiger partial charge in [-0.15, -0.1) is 11.3 Å². The first-order valence-electron chi connectivity index (χ1n) is 13.2. The number of ketones is 1. The molecule has 13 heteroatoms. The summed E-state index contributed by atoms with van der Waals surface area (Å²) in [6, 6.07) is 12.5. The zero-order chi connectivity index (χ0) is 30.4. The Morgan fingerprint density at radius 2 is 1.81 bits per heavy atom. The molecular weight excluding hydrogens is 562 g/mol. The summed E-state index contributed by atoms with van der Waals surface area (Å²) in [7, 11) is 1.39. The number of likely N-dealkylation sites (N-methyl/N-ethyl adjacent to an activating group) is 1. The molecule has 4 rings (SSSR count). The van der Waals surface area contributed by atoms with Crippen molar-refractivity contribution in [3.8, 4) is 5.75 Å². The fraction of sp³-hybridized carbons (Fsp3) is 0.310. The summed E-state index contributed by atoms with van der Waals surface area (Å²) < 4.78 is 5.53. The smallest absolute Gasteiger partial charge is 0.325 e. The van der Waals surface area contributed by atoms with Gasteiger partial charge in [-0.2, -0.15) is 0 Å². The molecule has 220 valence electrons. The Morgan fingerprint density at radius 1 is 1.12 bits per heavy atom. The number of hydrogen-bond donors (Lipinski definition) is 2. The third-order valence-corrected chi connectivity index (χ3v) is 7.53. The van der Waals surface area contributed by atoms with Crippen LogP contribution in [0.2, 0.25) is 0 Å². The maximum absolute atomic E-state index is 13.7. The van der Waals surface area contributed by atoms with Crippen molar-refractivity contribution in [3.63, 3.8) is 0 Å². The lowest BCUT2D eigenvalue weighted by atomic mass is 9.91. The molecule has 3 atom stereocenters. The summed E-state index contributed by atoms with van der Waals surface area (Å²) in [5.74, 6) is -2.02. The van der Waals surface area contributed by atoms with Gasteiger partial charge < -0.3 is 15.4 Å². The molecule has 1 aromatic heterocycles. The van der Waals surface area contributed by atoms with E-state index in [2.05, 4.69) is 15.6 Å². The first-order valence-corrected chi connectivity index (χ1v) is 14.1. The minimum Gasteiger partial charge on any atom is -0.484 e. The van der Waals surface area contributed by atoms with Gasteiger partial charge in [0.25, 0.3) is 11.8 Å². The summed E-state index contributed by atoms with van der Waals surface area (Å²) in [5, 5.41) is 8.22. The summed E-state index contributed by atoms with van der Waals surface area (Å²) in [6.07, 6.45) is 0. The van der Waals surface area contributed by atoms with Crippen LogP contribution in [0.3, 0.4) is 0 Å². The molecule has 0 radical (unpaired) electrons. The van der Waals surface area contributed by atoms with Crippen molar-refractivity contribution in [3.05, 3.63) is 76.8 Å². The summed E-state index contributed by atoms with van der Waals surface area (Å²) in [4.78, 5) is 74.4. The topological polar surface area (TPSA) is 147 Å². The van der Waals surface area contributed by atoms with Gasteiger partial charge in [-0.05, 0) is 30.2 Å². The molecular formula is C29H31N5O7S. The van der Waals surface area contributed by atoms with Gasteiger partial charge in [-0.25, -0.2) is 19.7 Å². The van der Waals surface area contributed by atoms with Crippen molar-refractivity contribution in [1.29, 1.82) is 0 Å². The summed E-state index contributed by atoms with van der Waals surface area (Å²) in [5.41, 5.74) is 1.42. The van der Waals surface area contributed by atoms with E-state index in [1.807, 2.05) is 30.3 Å². The van der Waals surface area contributed by atoms with Crippen molar-refractivity contribution >= 4 is 46.0 Å². The normalized spacial score (nSPS) is 16.0. The number of Topliss-reactive ketones (excluding diaryl/α,β-unsaturated/α-hetero) is 1. The minimum absolute atomic E-state index is 0.181. The number of aromatic nitrogens is 1. The molecule has 2 aromatic carbocycles. The fourth-order valence-electron chi connectivity index (χ4n) is 4.54. The van der Waals surface area contributed by atoms with Crippen LogP contribution in [-0.4, -0.2) is 70.8 Å². The van der Waals surface area contributed by atoms with Crippen LogP contribution in [0, 0.1) is 0 Å². The summed E-state index contributed by atoms with van der Waals surface area (Å²) >= 11 is 1.07. The van der Waals surface area contributed by atoms with Gasteiger partial charge in [0.2, 0.25) is 5.91 Å². The Bertz CT molecular complexity index is 1460. The monoisotopic (exact) mass is 593 g/mol. The van der Waals surface area contributed by atoms with E-state index in [-0.39, 0.29) is 29.1 Å². The molecule has 1 fully saturated rings. The number of carbonyl (C=O) groups is 5. The number of ether oxygens (including phenoxy) is 1. The lowest BCUT2D eigenvalue weighted by molar-refractivity contribution is -0.176. The Balaban J connectivity index is 1.55. The molecule has 42 heavy (non-hydrogen) atoms. The van der Waals surface area contributed by atoms with Crippen molar-refractivity contribution in [2.24, 2.45) is 0 Å². The third-order valence-electron chi connectivity index (χ3n) is 6.77. The van der Waals surface area contributed by atoms with E-state index in [9.17, 15) is 24.0 Å². The maximum atomic E-state index is 13.7. The van der Waals surface area contributed by atoms with Crippen LogP contribution in [0.4, 0.5) is 9.93 Å². The molecule has 2 N–H and O–H groups in total. The van der Waals surface area contributed by atoms with E-state index in [4.69, 9.17) is 9.57 Å². The molecule has 0 aliphatic carbocycles. The quantitative estimate of drug-likeness (QED) is 0.184. The Morgan fingerprint density at radius 3 is 2.40 bits per heavy atom. The number of anilines is 1. The standard InChI is InChI=1S/C29H31N5O7S/c1-5-33(40-4)23(36)15-41-21-13-11-20(12-14-21)24-27(38)34(29(39)31-24)25(17(2)19-9-7-6-8-10-19)26(37)32-28-30-22(16-42-28)18(3)35/h6-14,16-17,24-25H,5,15H2,1-4H3,(H,31,39)(H,30,32,37)/t17-,24?,25-/m0/s1. The number of rotatable bonds is 12. The SMILES string of the molecule is CCN(OC)C(=O)COc1ccc(C2NC(=O)N([C@H](C(=O)Nc3nc(C(C)=O)cs3)[C@@H](C)c3ccccc3)C2=O)cc1. The van der Waals surface area contributed by atoms with Gasteiger partial charge in [0.1, 0.15) is 23.5 Å². The number of imide groups is 1. The van der Waals surface area contributed by atoms with Crippen LogP contribution in [0.25, 0.3) is 0 Å². The van der Waals surface area contributed by atoms with E-state index in [0.717, 1.165) is 26.9 Å². The predicted octanol–water partition coefficient (Wildman–Crippen LogP) is 3.54. The molecule has 1 saturated heterocycles. The number of hydrogen-bond acceptors (Lipinski definition) is 9. The van der Waals surface area contributed by atoms with Crippen LogP contribution < -0.4 is 15.4 Å². The molecule has 0 spiro atoms. The maximum Gasteiger partial charge on any atom is 0.325 e. The molecule has 0 bridgehead atoms. The fourth-order valence-corrected chi connectivity index (χ4v) is 5.30. The predicted molar refractivity (Wildman–Crippen MR) is 154 cm³/mol. The molecule has 0 saturated carbocycles. The van der Waals surface area contributed by atoms with Crippen molar-refractivity contribution in [2.45, 2.75) is 38.8 Å². The molecule has 1 unspecified atom stereocenters. The Kier molecular flexibility index (Phi) is 9.65. The number of amides is 5. The molecule has 12 nitrogen and oxygen atoms in total. The first-order chi connectivity index (χ1) is 20.1. The van der Waals surface area contributed by atoms with E-state index in [0.29, 0.717) is 17.9 Å². The molecule has 3 aromatic rings. The number of nitrogens with one attached hydrogen (secondary N) is 2. The van der Waals surface area contributed by atoms with Crippen LogP contribution in [0.5, 0.6) is 5.75 Å². The molecule has 5 amide bonds. The highest BCUT2D eigenvalue weighted by Gasteiger charge is 2.47. The largest absolute Gasteiger partial charge is 0.484 e. The Labute approximate surface area is 246 Å². The van der Waals surface area contributed by atoms with Gasteiger partial charge in [0.05, 0.1) is 7.11 Å². The second-order valence-corrected chi connectivity index (χ2v) is 10.3. The Hall–Kier alpha value is -4.62. The molecule has 2 heterocycles. The highest BCUT2D eigenvalue weighted by molar-refractivity contribution is 7.14.